The number of rotatable bonds is 0. The Morgan fingerprint density at radius 1 is 1.54 bits per heavy atom. The summed E-state index contributed by atoms with van der Waals surface area (Å²) in [7, 11) is 0. The molecule has 0 unspecified atom stereocenters. The van der Waals surface area contributed by atoms with Gasteiger partial charge in [-0.3, -0.25) is 0 Å². The SMILES string of the molecule is Cc1cc2cccn2c(Cl)c1C#N. The lowest BCUT2D eigenvalue weighted by Crippen LogP contribution is -1.92. The molecule has 2 nitrogen and oxygen atoms in total. The Bertz CT molecular complexity index is 505. The van der Waals surface area contributed by atoms with Crippen LogP contribution in [0.15, 0.2) is 24.4 Å². The van der Waals surface area contributed by atoms with Gasteiger partial charge in [0, 0.05) is 11.7 Å². The molecule has 0 aliphatic carbocycles. The van der Waals surface area contributed by atoms with Gasteiger partial charge in [0.25, 0.3) is 0 Å². The number of pyridine rings is 1. The Morgan fingerprint density at radius 3 is 3.00 bits per heavy atom. The molecule has 0 radical (unpaired) electrons. The summed E-state index contributed by atoms with van der Waals surface area (Å²) in [5.41, 5.74) is 2.48. The Hall–Kier alpha value is -1.46. The fourth-order valence-electron chi connectivity index (χ4n) is 1.40. The molecule has 3 heteroatoms. The second kappa shape index (κ2) is 2.79. The minimum absolute atomic E-state index is 0.488. The lowest BCUT2D eigenvalue weighted by Gasteiger charge is -2.03. The molecule has 0 aliphatic heterocycles. The van der Waals surface area contributed by atoms with E-state index in [-0.39, 0.29) is 0 Å². The molecule has 0 saturated heterocycles. The number of nitriles is 1. The van der Waals surface area contributed by atoms with E-state index >= 15 is 0 Å². The van der Waals surface area contributed by atoms with Crippen LogP contribution in [0.3, 0.4) is 0 Å². The normalized spacial score (nSPS) is 10.2. The lowest BCUT2D eigenvalue weighted by atomic mass is 10.1. The Kier molecular flexibility index (Phi) is 1.75. The topological polar surface area (TPSA) is 28.2 Å². The maximum Gasteiger partial charge on any atom is 0.131 e. The molecule has 2 heterocycles. The predicted octanol–water partition coefficient (Wildman–Crippen LogP) is 2.77. The summed E-state index contributed by atoms with van der Waals surface area (Å²) in [5.74, 6) is 0. The van der Waals surface area contributed by atoms with Crippen LogP contribution in [-0.4, -0.2) is 4.40 Å². The zero-order valence-electron chi connectivity index (χ0n) is 7.08. The first-order chi connectivity index (χ1) is 6.24. The van der Waals surface area contributed by atoms with Crippen molar-refractivity contribution < 1.29 is 0 Å². The van der Waals surface area contributed by atoms with Crippen molar-refractivity contribution in [3.05, 3.63) is 40.7 Å². The van der Waals surface area contributed by atoms with Crippen molar-refractivity contribution in [3.63, 3.8) is 0 Å². The van der Waals surface area contributed by atoms with Crippen LogP contribution in [-0.2, 0) is 0 Å². The van der Waals surface area contributed by atoms with Crippen LogP contribution in [0.5, 0.6) is 0 Å². The standard InChI is InChI=1S/C10H7ClN2/c1-7-5-8-3-2-4-13(8)10(11)9(7)6-12/h2-5H,1H3. The molecule has 2 rings (SSSR count). The van der Waals surface area contributed by atoms with Crippen molar-refractivity contribution in [2.75, 3.05) is 0 Å². The van der Waals surface area contributed by atoms with E-state index in [0.29, 0.717) is 10.7 Å². The van der Waals surface area contributed by atoms with Crippen LogP contribution < -0.4 is 0 Å². The summed E-state index contributed by atoms with van der Waals surface area (Å²) < 4.78 is 1.80. The molecular weight excluding hydrogens is 184 g/mol. The number of aromatic nitrogens is 1. The Morgan fingerprint density at radius 2 is 2.31 bits per heavy atom. The molecule has 0 bridgehead atoms. The predicted molar refractivity (Wildman–Crippen MR) is 51.9 cm³/mol. The molecule has 0 spiro atoms. The van der Waals surface area contributed by atoms with Crippen LogP contribution in [0.2, 0.25) is 5.15 Å². The third-order valence-electron chi connectivity index (χ3n) is 2.07. The first-order valence-electron chi connectivity index (χ1n) is 3.90. The van der Waals surface area contributed by atoms with Crippen molar-refractivity contribution in [3.8, 4) is 6.07 Å². The summed E-state index contributed by atoms with van der Waals surface area (Å²) in [6, 6.07) is 7.90. The van der Waals surface area contributed by atoms with Crippen LogP contribution in [0.25, 0.3) is 5.52 Å². The number of hydrogen-bond acceptors (Lipinski definition) is 1. The second-order valence-corrected chi connectivity index (χ2v) is 3.27. The smallest absolute Gasteiger partial charge is 0.131 e. The molecule has 2 aromatic heterocycles. The quantitative estimate of drug-likeness (QED) is 0.587. The number of hydrogen-bond donors (Lipinski definition) is 0. The molecule has 0 atom stereocenters. The van der Waals surface area contributed by atoms with E-state index in [4.69, 9.17) is 16.9 Å². The highest BCUT2D eigenvalue weighted by Gasteiger charge is 2.07. The molecule has 13 heavy (non-hydrogen) atoms. The van der Waals surface area contributed by atoms with Crippen LogP contribution in [0.1, 0.15) is 11.1 Å². The first kappa shape index (κ1) is 8.15. The van der Waals surface area contributed by atoms with Crippen LogP contribution in [0, 0.1) is 18.3 Å². The number of halogens is 1. The van der Waals surface area contributed by atoms with Crippen molar-refractivity contribution >= 4 is 17.1 Å². The summed E-state index contributed by atoms with van der Waals surface area (Å²) in [6.45, 7) is 1.89. The third-order valence-corrected chi connectivity index (χ3v) is 2.44. The van der Waals surface area contributed by atoms with Crippen molar-refractivity contribution in [2.24, 2.45) is 0 Å². The fraction of sp³-hybridized carbons (Fsp3) is 0.100. The average Bonchev–Trinajstić information content (AvgIpc) is 2.53. The monoisotopic (exact) mass is 190 g/mol. The summed E-state index contributed by atoms with van der Waals surface area (Å²) in [4.78, 5) is 0. The van der Waals surface area contributed by atoms with E-state index in [1.54, 1.807) is 4.40 Å². The number of fused-ring (bicyclic) bond motifs is 1. The van der Waals surface area contributed by atoms with E-state index in [1.807, 2.05) is 31.3 Å². The summed E-state index contributed by atoms with van der Waals surface area (Å²) in [6.07, 6.45) is 1.85. The highest BCUT2D eigenvalue weighted by molar-refractivity contribution is 6.31. The average molecular weight is 191 g/mol. The molecule has 64 valence electrons. The molecule has 0 aromatic carbocycles. The van der Waals surface area contributed by atoms with Gasteiger partial charge in [0.2, 0.25) is 0 Å². The maximum absolute atomic E-state index is 8.85. The minimum Gasteiger partial charge on any atom is -0.307 e. The van der Waals surface area contributed by atoms with Gasteiger partial charge in [0.15, 0.2) is 0 Å². The molecular formula is C10H7ClN2. The van der Waals surface area contributed by atoms with Crippen LogP contribution >= 0.6 is 11.6 Å². The van der Waals surface area contributed by atoms with E-state index in [9.17, 15) is 0 Å². The first-order valence-corrected chi connectivity index (χ1v) is 4.28. The largest absolute Gasteiger partial charge is 0.307 e. The van der Waals surface area contributed by atoms with Gasteiger partial charge in [-0.15, -0.1) is 0 Å². The molecule has 0 N–H and O–H groups in total. The van der Waals surface area contributed by atoms with Gasteiger partial charge in [-0.05, 0) is 30.7 Å². The van der Waals surface area contributed by atoms with E-state index in [0.717, 1.165) is 11.1 Å². The summed E-state index contributed by atoms with van der Waals surface area (Å²) >= 11 is 6.03. The Balaban J connectivity index is 2.95. The molecule has 0 saturated carbocycles. The molecule has 2 aromatic rings. The van der Waals surface area contributed by atoms with Gasteiger partial charge >= 0.3 is 0 Å². The van der Waals surface area contributed by atoms with E-state index < -0.39 is 0 Å². The Labute approximate surface area is 81.0 Å². The van der Waals surface area contributed by atoms with Gasteiger partial charge in [-0.2, -0.15) is 5.26 Å². The van der Waals surface area contributed by atoms with Gasteiger partial charge in [-0.1, -0.05) is 11.6 Å². The van der Waals surface area contributed by atoms with E-state index in [2.05, 4.69) is 6.07 Å². The van der Waals surface area contributed by atoms with Gasteiger partial charge < -0.3 is 4.40 Å². The molecule has 0 fully saturated rings. The van der Waals surface area contributed by atoms with Gasteiger partial charge in [0.05, 0.1) is 5.56 Å². The number of aryl methyl sites for hydroxylation is 1. The zero-order valence-corrected chi connectivity index (χ0v) is 7.84. The van der Waals surface area contributed by atoms with Crippen molar-refractivity contribution in [1.82, 2.24) is 4.40 Å². The van der Waals surface area contributed by atoms with Crippen LogP contribution in [0.4, 0.5) is 0 Å². The zero-order chi connectivity index (χ0) is 9.42. The third kappa shape index (κ3) is 1.09. The number of nitrogens with zero attached hydrogens (tertiary/aromatic N) is 2. The van der Waals surface area contributed by atoms with E-state index in [1.165, 1.54) is 0 Å². The second-order valence-electron chi connectivity index (χ2n) is 2.91. The highest BCUT2D eigenvalue weighted by Crippen LogP contribution is 2.22. The summed E-state index contributed by atoms with van der Waals surface area (Å²) in [5, 5.41) is 9.34. The highest BCUT2D eigenvalue weighted by atomic mass is 35.5. The maximum atomic E-state index is 8.85. The van der Waals surface area contributed by atoms with Gasteiger partial charge in [0.1, 0.15) is 11.2 Å². The lowest BCUT2D eigenvalue weighted by molar-refractivity contribution is 1.17. The fourth-order valence-corrected chi connectivity index (χ4v) is 1.75. The minimum atomic E-state index is 0.488. The van der Waals surface area contributed by atoms with Crippen molar-refractivity contribution in [2.45, 2.75) is 6.92 Å². The molecule has 0 aliphatic rings. The molecule has 0 amide bonds. The van der Waals surface area contributed by atoms with Gasteiger partial charge in [-0.25, -0.2) is 0 Å². The van der Waals surface area contributed by atoms with Crippen molar-refractivity contribution in [1.29, 1.82) is 5.26 Å².